The molecule has 1 fully saturated rings. The summed E-state index contributed by atoms with van der Waals surface area (Å²) in [6, 6.07) is 17.3. The molecule has 2 aliphatic heterocycles. The Labute approximate surface area is 181 Å². The van der Waals surface area contributed by atoms with Crippen LogP contribution in [-0.2, 0) is 12.8 Å². The Kier molecular flexibility index (Phi) is 4.82. The van der Waals surface area contributed by atoms with Crippen molar-refractivity contribution >= 4 is 23.4 Å². The number of hydrogen-bond acceptors (Lipinski definition) is 4. The summed E-state index contributed by atoms with van der Waals surface area (Å²) < 4.78 is 1.88. The van der Waals surface area contributed by atoms with E-state index in [9.17, 15) is 4.79 Å². The number of thioether (sulfide) groups is 1. The molecule has 154 valence electrons. The van der Waals surface area contributed by atoms with Crippen LogP contribution in [0.5, 0.6) is 0 Å². The summed E-state index contributed by atoms with van der Waals surface area (Å²) in [5.74, 6) is 0.849. The molecule has 2 aromatic carbocycles. The van der Waals surface area contributed by atoms with Gasteiger partial charge in [0.25, 0.3) is 5.91 Å². The predicted molar refractivity (Wildman–Crippen MR) is 122 cm³/mol. The standard InChI is InChI=1S/C24H26N4OS/c1-16-8-10-18(11-9-16)28-13-12-27(14-17(28)2)24(29)22-20-15-30-21-7-5-4-6-19(21)23(20)26(3)25-22/h4-11,17H,12-15H2,1-3H3. The first-order valence-electron chi connectivity index (χ1n) is 10.4. The van der Waals surface area contributed by atoms with Gasteiger partial charge in [-0.2, -0.15) is 5.10 Å². The first-order valence-corrected chi connectivity index (χ1v) is 11.4. The van der Waals surface area contributed by atoms with Crippen molar-refractivity contribution < 1.29 is 4.79 Å². The maximum Gasteiger partial charge on any atom is 0.274 e. The van der Waals surface area contributed by atoms with Crippen LogP contribution in [0.4, 0.5) is 5.69 Å². The second kappa shape index (κ2) is 7.51. The highest BCUT2D eigenvalue weighted by atomic mass is 32.2. The first-order chi connectivity index (χ1) is 14.5. The van der Waals surface area contributed by atoms with Crippen molar-refractivity contribution in [3.63, 3.8) is 0 Å². The molecule has 1 saturated heterocycles. The van der Waals surface area contributed by atoms with Crippen LogP contribution >= 0.6 is 11.8 Å². The average Bonchev–Trinajstić information content (AvgIpc) is 3.11. The van der Waals surface area contributed by atoms with Crippen molar-refractivity contribution in [2.45, 2.75) is 30.5 Å². The fraction of sp³-hybridized carbons (Fsp3) is 0.333. The van der Waals surface area contributed by atoms with Crippen molar-refractivity contribution in [2.75, 3.05) is 24.5 Å². The Hall–Kier alpha value is -2.73. The number of aryl methyl sites for hydroxylation is 2. The molecule has 2 aliphatic rings. The van der Waals surface area contributed by atoms with Gasteiger partial charge in [0, 0.05) is 60.2 Å². The smallest absolute Gasteiger partial charge is 0.274 e. The van der Waals surface area contributed by atoms with Crippen LogP contribution in [0.25, 0.3) is 11.3 Å². The summed E-state index contributed by atoms with van der Waals surface area (Å²) in [4.78, 5) is 19.1. The molecule has 3 heterocycles. The fourth-order valence-corrected chi connectivity index (χ4v) is 5.63. The lowest BCUT2D eigenvalue weighted by Gasteiger charge is -2.41. The molecule has 1 aromatic heterocycles. The Morgan fingerprint density at radius 3 is 2.63 bits per heavy atom. The molecule has 3 aromatic rings. The minimum absolute atomic E-state index is 0.0576. The summed E-state index contributed by atoms with van der Waals surface area (Å²) in [6.07, 6.45) is 0. The number of aromatic nitrogens is 2. The van der Waals surface area contributed by atoms with E-state index in [1.165, 1.54) is 21.7 Å². The quantitative estimate of drug-likeness (QED) is 0.620. The maximum atomic E-state index is 13.5. The van der Waals surface area contributed by atoms with Crippen LogP contribution < -0.4 is 4.90 Å². The van der Waals surface area contributed by atoms with Crippen LogP contribution in [-0.4, -0.2) is 46.3 Å². The molecule has 5 nitrogen and oxygen atoms in total. The second-order valence-electron chi connectivity index (χ2n) is 8.21. The van der Waals surface area contributed by atoms with Crippen LogP contribution in [0.15, 0.2) is 53.4 Å². The van der Waals surface area contributed by atoms with E-state index in [4.69, 9.17) is 0 Å². The summed E-state index contributed by atoms with van der Waals surface area (Å²) in [5.41, 5.74) is 6.43. The van der Waals surface area contributed by atoms with Crippen molar-refractivity contribution in [2.24, 2.45) is 7.05 Å². The molecule has 0 bridgehead atoms. The molecule has 1 atom stereocenters. The third-order valence-corrected chi connectivity index (χ3v) is 7.24. The third kappa shape index (κ3) is 3.19. The van der Waals surface area contributed by atoms with Gasteiger partial charge >= 0.3 is 0 Å². The zero-order chi connectivity index (χ0) is 20.8. The van der Waals surface area contributed by atoms with E-state index in [0.29, 0.717) is 18.8 Å². The Morgan fingerprint density at radius 1 is 1.10 bits per heavy atom. The molecule has 5 rings (SSSR count). The van der Waals surface area contributed by atoms with Gasteiger partial charge in [-0.3, -0.25) is 9.48 Å². The number of carbonyl (C=O) groups is 1. The lowest BCUT2D eigenvalue weighted by atomic mass is 10.0. The molecular formula is C24H26N4OS. The van der Waals surface area contributed by atoms with E-state index in [-0.39, 0.29) is 11.9 Å². The highest BCUT2D eigenvalue weighted by Crippen LogP contribution is 2.42. The Bertz CT molecular complexity index is 1100. The summed E-state index contributed by atoms with van der Waals surface area (Å²) in [7, 11) is 1.94. The summed E-state index contributed by atoms with van der Waals surface area (Å²) in [5, 5.41) is 4.68. The van der Waals surface area contributed by atoms with Gasteiger partial charge in [0.2, 0.25) is 0 Å². The van der Waals surface area contributed by atoms with E-state index in [1.807, 2.05) is 16.6 Å². The molecule has 6 heteroatoms. The van der Waals surface area contributed by atoms with Gasteiger partial charge in [-0.25, -0.2) is 0 Å². The van der Waals surface area contributed by atoms with Crippen LogP contribution in [0, 0.1) is 6.92 Å². The van der Waals surface area contributed by atoms with E-state index in [1.54, 1.807) is 11.8 Å². The zero-order valence-corrected chi connectivity index (χ0v) is 18.4. The van der Waals surface area contributed by atoms with Gasteiger partial charge in [0.15, 0.2) is 5.69 Å². The largest absolute Gasteiger partial charge is 0.365 e. The highest BCUT2D eigenvalue weighted by Gasteiger charge is 2.33. The topological polar surface area (TPSA) is 41.4 Å². The number of piperazine rings is 1. The lowest BCUT2D eigenvalue weighted by molar-refractivity contribution is 0.0719. The third-order valence-electron chi connectivity index (χ3n) is 6.14. The van der Waals surface area contributed by atoms with Crippen LogP contribution in [0.1, 0.15) is 28.5 Å². The molecule has 0 aliphatic carbocycles. The molecule has 0 N–H and O–H groups in total. The molecule has 30 heavy (non-hydrogen) atoms. The number of rotatable bonds is 2. The number of amides is 1. The van der Waals surface area contributed by atoms with Crippen LogP contribution in [0.2, 0.25) is 0 Å². The van der Waals surface area contributed by atoms with Crippen molar-refractivity contribution in [1.82, 2.24) is 14.7 Å². The van der Waals surface area contributed by atoms with Gasteiger partial charge in [-0.1, -0.05) is 35.9 Å². The molecule has 1 amide bonds. The molecule has 1 unspecified atom stereocenters. The van der Waals surface area contributed by atoms with Gasteiger partial charge < -0.3 is 9.80 Å². The van der Waals surface area contributed by atoms with Crippen LogP contribution in [0.3, 0.4) is 0 Å². The normalized spacial score (nSPS) is 18.2. The van der Waals surface area contributed by atoms with E-state index in [0.717, 1.165) is 23.6 Å². The fourth-order valence-electron chi connectivity index (χ4n) is 4.56. The monoisotopic (exact) mass is 418 g/mol. The van der Waals surface area contributed by atoms with Crippen molar-refractivity contribution in [3.05, 3.63) is 65.4 Å². The highest BCUT2D eigenvalue weighted by molar-refractivity contribution is 7.98. The van der Waals surface area contributed by atoms with Crippen molar-refractivity contribution in [3.8, 4) is 11.3 Å². The second-order valence-corrected chi connectivity index (χ2v) is 9.23. The number of nitrogens with zero attached hydrogens (tertiary/aromatic N) is 4. The molecule has 0 saturated carbocycles. The zero-order valence-electron chi connectivity index (χ0n) is 17.6. The summed E-state index contributed by atoms with van der Waals surface area (Å²) >= 11 is 1.79. The minimum Gasteiger partial charge on any atom is -0.365 e. The number of fused-ring (bicyclic) bond motifs is 3. The SMILES string of the molecule is Cc1ccc(N2CCN(C(=O)c3nn(C)c4c3CSc3ccccc3-4)CC2C)cc1. The lowest BCUT2D eigenvalue weighted by Crippen LogP contribution is -2.54. The van der Waals surface area contributed by atoms with Gasteiger partial charge in [0.05, 0.1) is 5.69 Å². The maximum absolute atomic E-state index is 13.5. The van der Waals surface area contributed by atoms with E-state index < -0.39 is 0 Å². The van der Waals surface area contributed by atoms with E-state index in [2.05, 4.69) is 72.4 Å². The predicted octanol–water partition coefficient (Wildman–Crippen LogP) is 4.35. The molecular weight excluding hydrogens is 392 g/mol. The van der Waals surface area contributed by atoms with Gasteiger partial charge in [0.1, 0.15) is 0 Å². The van der Waals surface area contributed by atoms with Crippen molar-refractivity contribution in [1.29, 1.82) is 0 Å². The number of carbonyl (C=O) groups excluding carboxylic acids is 1. The molecule has 0 spiro atoms. The van der Waals surface area contributed by atoms with E-state index >= 15 is 0 Å². The number of anilines is 1. The summed E-state index contributed by atoms with van der Waals surface area (Å²) in [6.45, 7) is 6.56. The number of hydrogen-bond donors (Lipinski definition) is 0. The number of benzene rings is 2. The Morgan fingerprint density at radius 2 is 1.87 bits per heavy atom. The first kappa shape index (κ1) is 19.2. The van der Waals surface area contributed by atoms with Gasteiger partial charge in [-0.15, -0.1) is 11.8 Å². The van der Waals surface area contributed by atoms with Gasteiger partial charge in [-0.05, 0) is 32.0 Å². The average molecular weight is 419 g/mol. The minimum atomic E-state index is 0.0576. The Balaban J connectivity index is 1.39. The molecule has 0 radical (unpaired) electrons.